The first-order chi connectivity index (χ1) is 9.31. The lowest BCUT2D eigenvalue weighted by Crippen LogP contribution is -2.24. The molecule has 0 aliphatic carbocycles. The van der Waals surface area contributed by atoms with Gasteiger partial charge in [0.05, 0.1) is 17.4 Å². The summed E-state index contributed by atoms with van der Waals surface area (Å²) < 4.78 is 0. The standard InChI is InChI=1S/C14H19ClN2O3/c1-9(18)4-7-13(19)16-12-8-10(15)5-6-11(12)14(20)17(2)3/h5-6,8-9,18H,4,7H2,1-3H3,(H,16,19). The lowest BCUT2D eigenvalue weighted by Gasteiger charge is -2.15. The molecule has 0 bridgehead atoms. The third-order valence-corrected chi connectivity index (χ3v) is 2.92. The highest BCUT2D eigenvalue weighted by molar-refractivity contribution is 6.31. The number of halogens is 1. The Balaban J connectivity index is 2.90. The van der Waals surface area contributed by atoms with Gasteiger partial charge in [-0.25, -0.2) is 0 Å². The van der Waals surface area contributed by atoms with E-state index in [1.807, 2.05) is 0 Å². The van der Waals surface area contributed by atoms with E-state index in [2.05, 4.69) is 5.32 Å². The molecule has 1 rings (SSSR count). The fraction of sp³-hybridized carbons (Fsp3) is 0.429. The van der Waals surface area contributed by atoms with Crippen molar-refractivity contribution in [3.8, 4) is 0 Å². The average molecular weight is 299 g/mol. The summed E-state index contributed by atoms with van der Waals surface area (Å²) in [5.41, 5.74) is 0.761. The van der Waals surface area contributed by atoms with Crippen molar-refractivity contribution in [3.05, 3.63) is 28.8 Å². The summed E-state index contributed by atoms with van der Waals surface area (Å²) in [5.74, 6) is -0.478. The van der Waals surface area contributed by atoms with Crippen LogP contribution in [0.15, 0.2) is 18.2 Å². The van der Waals surface area contributed by atoms with Gasteiger partial charge in [-0.05, 0) is 31.5 Å². The van der Waals surface area contributed by atoms with Gasteiger partial charge in [-0.15, -0.1) is 0 Å². The first kappa shape index (κ1) is 16.5. The number of hydrogen-bond donors (Lipinski definition) is 2. The summed E-state index contributed by atoms with van der Waals surface area (Å²) in [6.45, 7) is 1.62. The second-order valence-corrected chi connectivity index (χ2v) is 5.26. The SMILES string of the molecule is CC(O)CCC(=O)Nc1cc(Cl)ccc1C(=O)N(C)C. The third-order valence-electron chi connectivity index (χ3n) is 2.68. The van der Waals surface area contributed by atoms with Crippen LogP contribution in [0.4, 0.5) is 5.69 Å². The van der Waals surface area contributed by atoms with Gasteiger partial charge in [0.25, 0.3) is 5.91 Å². The average Bonchev–Trinajstić information content (AvgIpc) is 2.35. The molecule has 0 saturated carbocycles. The zero-order chi connectivity index (χ0) is 15.3. The van der Waals surface area contributed by atoms with Crippen molar-refractivity contribution in [1.82, 2.24) is 4.90 Å². The van der Waals surface area contributed by atoms with Crippen LogP contribution < -0.4 is 5.32 Å². The molecule has 0 aliphatic heterocycles. The summed E-state index contributed by atoms with van der Waals surface area (Å²) in [6, 6.07) is 4.72. The number of anilines is 1. The minimum Gasteiger partial charge on any atom is -0.393 e. The molecule has 0 aliphatic rings. The van der Waals surface area contributed by atoms with E-state index in [0.29, 0.717) is 22.7 Å². The van der Waals surface area contributed by atoms with Crippen molar-refractivity contribution < 1.29 is 14.7 Å². The Labute approximate surface area is 123 Å². The quantitative estimate of drug-likeness (QED) is 0.875. The zero-order valence-corrected chi connectivity index (χ0v) is 12.6. The summed E-state index contributed by atoms with van der Waals surface area (Å²) >= 11 is 5.90. The van der Waals surface area contributed by atoms with E-state index in [0.717, 1.165) is 0 Å². The lowest BCUT2D eigenvalue weighted by molar-refractivity contribution is -0.116. The Morgan fingerprint density at radius 2 is 2.05 bits per heavy atom. The van der Waals surface area contributed by atoms with Crippen molar-refractivity contribution >= 4 is 29.1 Å². The molecule has 2 amide bonds. The molecule has 0 heterocycles. The van der Waals surface area contributed by atoms with Crippen LogP contribution in [0.2, 0.25) is 5.02 Å². The van der Waals surface area contributed by atoms with Crippen LogP contribution in [0.1, 0.15) is 30.1 Å². The second-order valence-electron chi connectivity index (χ2n) is 4.83. The molecule has 6 heteroatoms. The molecule has 1 atom stereocenters. The van der Waals surface area contributed by atoms with Gasteiger partial charge in [-0.3, -0.25) is 9.59 Å². The van der Waals surface area contributed by atoms with Gasteiger partial charge in [0.15, 0.2) is 0 Å². The number of aliphatic hydroxyl groups is 1. The first-order valence-electron chi connectivity index (χ1n) is 6.30. The van der Waals surface area contributed by atoms with Crippen LogP contribution in [0, 0.1) is 0 Å². The Morgan fingerprint density at radius 1 is 1.40 bits per heavy atom. The summed E-state index contributed by atoms with van der Waals surface area (Å²) in [6.07, 6.45) is 0.00588. The van der Waals surface area contributed by atoms with Gasteiger partial charge in [0.1, 0.15) is 0 Å². The maximum absolute atomic E-state index is 12.0. The highest BCUT2D eigenvalue weighted by Crippen LogP contribution is 2.22. The topological polar surface area (TPSA) is 69.6 Å². The molecular weight excluding hydrogens is 280 g/mol. The van der Waals surface area contributed by atoms with E-state index in [1.165, 1.54) is 4.90 Å². The molecule has 0 fully saturated rings. The van der Waals surface area contributed by atoms with Gasteiger partial charge in [-0.1, -0.05) is 11.6 Å². The predicted molar refractivity (Wildman–Crippen MR) is 79.0 cm³/mol. The molecule has 0 radical (unpaired) electrons. The number of carbonyl (C=O) groups is 2. The van der Waals surface area contributed by atoms with Crippen LogP contribution in [-0.2, 0) is 4.79 Å². The van der Waals surface area contributed by atoms with Crippen molar-refractivity contribution in [3.63, 3.8) is 0 Å². The molecule has 5 nitrogen and oxygen atoms in total. The highest BCUT2D eigenvalue weighted by Gasteiger charge is 2.15. The first-order valence-corrected chi connectivity index (χ1v) is 6.68. The van der Waals surface area contributed by atoms with Crippen molar-refractivity contribution in [2.75, 3.05) is 19.4 Å². The molecule has 20 heavy (non-hydrogen) atoms. The Hall–Kier alpha value is -1.59. The maximum atomic E-state index is 12.0. The van der Waals surface area contributed by atoms with Crippen LogP contribution in [0.3, 0.4) is 0 Å². The fourth-order valence-corrected chi connectivity index (χ4v) is 1.77. The number of nitrogens with one attached hydrogen (secondary N) is 1. The van der Waals surface area contributed by atoms with Crippen LogP contribution in [0.5, 0.6) is 0 Å². The van der Waals surface area contributed by atoms with Gasteiger partial charge >= 0.3 is 0 Å². The largest absolute Gasteiger partial charge is 0.393 e. The van der Waals surface area contributed by atoms with Crippen molar-refractivity contribution in [2.24, 2.45) is 0 Å². The maximum Gasteiger partial charge on any atom is 0.255 e. The molecule has 2 N–H and O–H groups in total. The number of aliphatic hydroxyl groups excluding tert-OH is 1. The minimum absolute atomic E-state index is 0.180. The fourth-order valence-electron chi connectivity index (χ4n) is 1.60. The summed E-state index contributed by atoms with van der Waals surface area (Å²) in [7, 11) is 3.27. The molecule has 110 valence electrons. The predicted octanol–water partition coefficient (Wildman–Crippen LogP) is 2.14. The zero-order valence-electron chi connectivity index (χ0n) is 11.8. The third kappa shape index (κ3) is 4.83. The van der Waals surface area contributed by atoms with E-state index in [-0.39, 0.29) is 18.2 Å². The molecule has 1 aromatic rings. The number of amides is 2. The molecule has 0 saturated heterocycles. The van der Waals surface area contributed by atoms with Crippen LogP contribution >= 0.6 is 11.6 Å². The highest BCUT2D eigenvalue weighted by atomic mass is 35.5. The number of rotatable bonds is 5. The molecule has 1 aromatic carbocycles. The van der Waals surface area contributed by atoms with E-state index < -0.39 is 6.10 Å². The number of nitrogens with zero attached hydrogens (tertiary/aromatic N) is 1. The summed E-state index contributed by atoms with van der Waals surface area (Å²) in [4.78, 5) is 25.2. The number of carbonyl (C=O) groups excluding carboxylic acids is 2. The minimum atomic E-state index is -0.539. The monoisotopic (exact) mass is 298 g/mol. The lowest BCUT2D eigenvalue weighted by atomic mass is 10.1. The molecular formula is C14H19ClN2O3. The second kappa shape index (κ2) is 7.26. The van der Waals surface area contributed by atoms with Crippen LogP contribution in [-0.4, -0.2) is 42.0 Å². The van der Waals surface area contributed by atoms with Crippen molar-refractivity contribution in [1.29, 1.82) is 0 Å². The summed E-state index contributed by atoms with van der Waals surface area (Å²) in [5, 5.41) is 12.3. The normalized spacial score (nSPS) is 11.8. The van der Waals surface area contributed by atoms with Gasteiger partial charge in [-0.2, -0.15) is 0 Å². The molecule has 0 spiro atoms. The molecule has 1 unspecified atom stereocenters. The number of benzene rings is 1. The Kier molecular flexibility index (Phi) is 5.98. The van der Waals surface area contributed by atoms with Crippen molar-refractivity contribution in [2.45, 2.75) is 25.9 Å². The van der Waals surface area contributed by atoms with E-state index in [4.69, 9.17) is 16.7 Å². The van der Waals surface area contributed by atoms with Crippen LogP contribution in [0.25, 0.3) is 0 Å². The van der Waals surface area contributed by atoms with Gasteiger partial charge in [0, 0.05) is 25.5 Å². The number of hydrogen-bond acceptors (Lipinski definition) is 3. The van der Waals surface area contributed by atoms with Gasteiger partial charge in [0.2, 0.25) is 5.91 Å². The van der Waals surface area contributed by atoms with E-state index >= 15 is 0 Å². The molecule has 0 aromatic heterocycles. The smallest absolute Gasteiger partial charge is 0.255 e. The van der Waals surface area contributed by atoms with E-state index in [1.54, 1.807) is 39.2 Å². The van der Waals surface area contributed by atoms with E-state index in [9.17, 15) is 9.59 Å². The Morgan fingerprint density at radius 3 is 2.60 bits per heavy atom. The van der Waals surface area contributed by atoms with Gasteiger partial charge < -0.3 is 15.3 Å². The Bertz CT molecular complexity index is 501.